The Morgan fingerprint density at radius 1 is 0.818 bits per heavy atom. The standard InChI is InChI=1S/C28H23N5/c1-18-14-15-23-21(17-26-30-22-11-6-7-12-24(22)33(23)26)27(18)32-19(2)31(20-9-4-3-5-10-20)28-25(32)13-8-16-29-28/h3-16,19H,17H2,1-2H3/t19-/m0/s1. The number of hydrogen-bond acceptors (Lipinski definition) is 4. The van der Waals surface area contributed by atoms with Crippen LogP contribution in [-0.2, 0) is 6.42 Å². The molecule has 0 fully saturated rings. The van der Waals surface area contributed by atoms with E-state index in [2.05, 4.69) is 101 Å². The number of pyridine rings is 1. The summed E-state index contributed by atoms with van der Waals surface area (Å²) in [6, 6.07) is 27.6. The van der Waals surface area contributed by atoms with Crippen LogP contribution < -0.4 is 9.80 Å². The first-order valence-corrected chi connectivity index (χ1v) is 11.4. The molecule has 1 atom stereocenters. The van der Waals surface area contributed by atoms with Gasteiger partial charge in [0.05, 0.1) is 28.1 Å². The minimum atomic E-state index is 0.0900. The Morgan fingerprint density at radius 2 is 1.64 bits per heavy atom. The minimum absolute atomic E-state index is 0.0900. The number of rotatable bonds is 2. The summed E-state index contributed by atoms with van der Waals surface area (Å²) in [7, 11) is 0. The van der Waals surface area contributed by atoms with Gasteiger partial charge < -0.3 is 9.80 Å². The van der Waals surface area contributed by atoms with Crippen LogP contribution in [0.1, 0.15) is 23.9 Å². The first-order chi connectivity index (χ1) is 16.2. The number of nitrogens with zero attached hydrogens (tertiary/aromatic N) is 5. The average Bonchev–Trinajstić information content (AvgIpc) is 3.47. The van der Waals surface area contributed by atoms with Crippen LogP contribution in [0.2, 0.25) is 0 Å². The molecule has 0 aliphatic carbocycles. The van der Waals surface area contributed by atoms with Crippen LogP contribution in [0.15, 0.2) is 85.1 Å². The Labute approximate surface area is 192 Å². The summed E-state index contributed by atoms with van der Waals surface area (Å²) in [5, 5.41) is 0. The van der Waals surface area contributed by atoms with Crippen LogP contribution in [0.4, 0.5) is 22.9 Å². The van der Waals surface area contributed by atoms with Gasteiger partial charge in [0.15, 0.2) is 5.82 Å². The molecule has 7 rings (SSSR count). The van der Waals surface area contributed by atoms with E-state index in [-0.39, 0.29) is 6.17 Å². The van der Waals surface area contributed by atoms with Crippen molar-refractivity contribution in [1.82, 2.24) is 14.5 Å². The lowest BCUT2D eigenvalue weighted by Crippen LogP contribution is -2.36. The molecule has 2 aliphatic rings. The van der Waals surface area contributed by atoms with Crippen molar-refractivity contribution in [2.45, 2.75) is 26.4 Å². The van der Waals surface area contributed by atoms with Gasteiger partial charge in [-0.3, -0.25) is 4.57 Å². The molecule has 0 amide bonds. The molecule has 0 spiro atoms. The van der Waals surface area contributed by atoms with Gasteiger partial charge in [-0.2, -0.15) is 0 Å². The summed E-state index contributed by atoms with van der Waals surface area (Å²) in [6.07, 6.45) is 2.80. The lowest BCUT2D eigenvalue weighted by atomic mass is 10.0. The quantitative estimate of drug-likeness (QED) is 0.325. The fourth-order valence-corrected chi connectivity index (χ4v) is 5.57. The van der Waals surface area contributed by atoms with Gasteiger partial charge in [-0.15, -0.1) is 0 Å². The van der Waals surface area contributed by atoms with E-state index in [1.54, 1.807) is 0 Å². The van der Waals surface area contributed by atoms with Crippen molar-refractivity contribution in [3.05, 3.63) is 102 Å². The predicted octanol–water partition coefficient (Wildman–Crippen LogP) is 6.27. The second kappa shape index (κ2) is 6.69. The molecule has 33 heavy (non-hydrogen) atoms. The third kappa shape index (κ3) is 2.47. The van der Waals surface area contributed by atoms with E-state index in [0.717, 1.165) is 35.0 Å². The van der Waals surface area contributed by atoms with Gasteiger partial charge in [0, 0.05) is 23.9 Å². The molecule has 0 saturated heterocycles. The molecule has 5 nitrogen and oxygen atoms in total. The van der Waals surface area contributed by atoms with Crippen molar-refractivity contribution in [3.63, 3.8) is 0 Å². The van der Waals surface area contributed by atoms with Crippen LogP contribution in [0.3, 0.4) is 0 Å². The molecule has 160 valence electrons. The summed E-state index contributed by atoms with van der Waals surface area (Å²) in [6.45, 7) is 4.47. The van der Waals surface area contributed by atoms with Crippen molar-refractivity contribution in [1.29, 1.82) is 0 Å². The molecule has 2 aliphatic heterocycles. The molecule has 0 radical (unpaired) electrons. The van der Waals surface area contributed by atoms with E-state index in [1.807, 2.05) is 12.3 Å². The monoisotopic (exact) mass is 429 g/mol. The maximum absolute atomic E-state index is 4.95. The number of aromatic nitrogens is 3. The van der Waals surface area contributed by atoms with Crippen molar-refractivity contribution in [2.75, 3.05) is 9.80 Å². The zero-order chi connectivity index (χ0) is 22.1. The Bertz CT molecular complexity index is 1540. The molecule has 0 unspecified atom stereocenters. The number of anilines is 4. The van der Waals surface area contributed by atoms with E-state index in [9.17, 15) is 0 Å². The van der Waals surface area contributed by atoms with E-state index >= 15 is 0 Å². The zero-order valence-electron chi connectivity index (χ0n) is 18.6. The topological polar surface area (TPSA) is 37.2 Å². The fraction of sp³-hybridized carbons (Fsp3) is 0.143. The SMILES string of the molecule is Cc1ccc2c(c1N1c3cccnc3N(c3ccccc3)[C@@H]1C)Cc1nc3ccccc3n1-2. The number of para-hydroxylation sites is 3. The molecule has 5 heteroatoms. The van der Waals surface area contributed by atoms with Gasteiger partial charge in [-0.1, -0.05) is 36.4 Å². The smallest absolute Gasteiger partial charge is 0.158 e. The lowest BCUT2D eigenvalue weighted by Gasteiger charge is -2.32. The molecule has 0 saturated carbocycles. The third-order valence-corrected chi connectivity index (χ3v) is 6.94. The number of imidazole rings is 1. The highest BCUT2D eigenvalue weighted by Gasteiger charge is 2.39. The maximum Gasteiger partial charge on any atom is 0.158 e. The summed E-state index contributed by atoms with van der Waals surface area (Å²) in [4.78, 5) is 14.5. The predicted molar refractivity (Wildman–Crippen MR) is 133 cm³/mol. The van der Waals surface area contributed by atoms with Gasteiger partial charge in [0.1, 0.15) is 12.0 Å². The van der Waals surface area contributed by atoms with Crippen molar-refractivity contribution in [3.8, 4) is 5.69 Å². The van der Waals surface area contributed by atoms with Gasteiger partial charge in [0.2, 0.25) is 0 Å². The first-order valence-electron chi connectivity index (χ1n) is 11.4. The van der Waals surface area contributed by atoms with Crippen LogP contribution in [0, 0.1) is 6.92 Å². The van der Waals surface area contributed by atoms with Crippen molar-refractivity contribution < 1.29 is 0 Å². The van der Waals surface area contributed by atoms with E-state index in [1.165, 1.54) is 28.0 Å². The normalized spacial score (nSPS) is 16.2. The molecule has 4 heterocycles. The second-order valence-corrected chi connectivity index (χ2v) is 8.81. The summed E-state index contributed by atoms with van der Waals surface area (Å²) in [5.41, 5.74) is 9.61. The number of hydrogen-bond donors (Lipinski definition) is 0. The largest absolute Gasteiger partial charge is 0.317 e. The Hall–Kier alpha value is -4.12. The van der Waals surface area contributed by atoms with Crippen molar-refractivity contribution >= 4 is 33.9 Å². The number of aryl methyl sites for hydroxylation is 1. The van der Waals surface area contributed by atoms with Crippen molar-refractivity contribution in [2.24, 2.45) is 0 Å². The van der Waals surface area contributed by atoms with Gasteiger partial charge in [0.25, 0.3) is 0 Å². The Kier molecular flexibility index (Phi) is 3.74. The summed E-state index contributed by atoms with van der Waals surface area (Å²) in [5.74, 6) is 2.10. The molecular weight excluding hydrogens is 406 g/mol. The highest BCUT2D eigenvalue weighted by atomic mass is 15.4. The van der Waals surface area contributed by atoms with Gasteiger partial charge in [-0.05, 0) is 61.9 Å². The molecule has 0 bridgehead atoms. The van der Waals surface area contributed by atoms with Gasteiger partial charge >= 0.3 is 0 Å². The molecular formula is C28H23N5. The van der Waals surface area contributed by atoms with E-state index in [4.69, 9.17) is 9.97 Å². The highest BCUT2D eigenvalue weighted by molar-refractivity contribution is 5.90. The van der Waals surface area contributed by atoms with Crippen LogP contribution in [0.5, 0.6) is 0 Å². The maximum atomic E-state index is 4.95. The highest BCUT2D eigenvalue weighted by Crippen LogP contribution is 2.50. The molecule has 2 aromatic heterocycles. The van der Waals surface area contributed by atoms with E-state index in [0.29, 0.717) is 0 Å². The summed E-state index contributed by atoms with van der Waals surface area (Å²) >= 11 is 0. The zero-order valence-corrected chi connectivity index (χ0v) is 18.6. The van der Waals surface area contributed by atoms with E-state index < -0.39 is 0 Å². The first kappa shape index (κ1) is 18.5. The minimum Gasteiger partial charge on any atom is -0.317 e. The molecule has 5 aromatic rings. The number of fused-ring (bicyclic) bond motifs is 6. The molecule has 3 aromatic carbocycles. The van der Waals surface area contributed by atoms with Crippen LogP contribution in [-0.4, -0.2) is 20.7 Å². The van der Waals surface area contributed by atoms with Crippen LogP contribution >= 0.6 is 0 Å². The lowest BCUT2D eigenvalue weighted by molar-refractivity contribution is 0.753. The molecule has 0 N–H and O–H groups in total. The number of benzene rings is 3. The Morgan fingerprint density at radius 3 is 2.52 bits per heavy atom. The summed E-state index contributed by atoms with van der Waals surface area (Å²) < 4.78 is 2.33. The Balaban J connectivity index is 1.44. The fourth-order valence-electron chi connectivity index (χ4n) is 5.57. The van der Waals surface area contributed by atoms with Crippen LogP contribution in [0.25, 0.3) is 16.7 Å². The average molecular weight is 430 g/mol. The third-order valence-electron chi connectivity index (χ3n) is 6.94. The van der Waals surface area contributed by atoms with Gasteiger partial charge in [-0.25, -0.2) is 9.97 Å². The second-order valence-electron chi connectivity index (χ2n) is 8.81.